The van der Waals surface area contributed by atoms with Crippen LogP contribution in [0.5, 0.6) is 0 Å². The molecule has 2 aliphatic heterocycles. The highest BCUT2D eigenvalue weighted by Gasteiger charge is 2.46. The Bertz CT molecular complexity index is 325. The van der Waals surface area contributed by atoms with E-state index in [0.29, 0.717) is 5.41 Å². The van der Waals surface area contributed by atoms with Gasteiger partial charge in [-0.05, 0) is 68.4 Å². The summed E-state index contributed by atoms with van der Waals surface area (Å²) in [5.74, 6) is 2.84. The molecule has 2 saturated heterocycles. The minimum absolute atomic E-state index is 0.514. The molecule has 0 radical (unpaired) electrons. The Morgan fingerprint density at radius 2 is 1.75 bits per heavy atom. The van der Waals surface area contributed by atoms with Crippen LogP contribution >= 0.6 is 0 Å². The maximum Gasteiger partial charge on any atom is 0.0140 e. The van der Waals surface area contributed by atoms with E-state index in [4.69, 9.17) is 0 Å². The Kier molecular flexibility index (Phi) is 4.16. The van der Waals surface area contributed by atoms with Gasteiger partial charge in [-0.15, -0.1) is 0 Å². The maximum atomic E-state index is 3.61. The van der Waals surface area contributed by atoms with Gasteiger partial charge in [-0.2, -0.15) is 0 Å². The minimum atomic E-state index is 0.514. The van der Waals surface area contributed by atoms with Crippen molar-refractivity contribution in [1.29, 1.82) is 0 Å². The highest BCUT2D eigenvalue weighted by molar-refractivity contribution is 5.00. The van der Waals surface area contributed by atoms with Gasteiger partial charge in [0.2, 0.25) is 0 Å². The Balaban J connectivity index is 1.61. The standard InChI is InChI=1S/C18H34N2/c1-5-17-16-11-19-10-13(16)12-20(17)15-8-6-14(7-9-15)18(2,3)4/h13-17,19H,5-12H2,1-4H3. The Hall–Kier alpha value is -0.0800. The highest BCUT2D eigenvalue weighted by Crippen LogP contribution is 2.43. The quantitative estimate of drug-likeness (QED) is 0.831. The van der Waals surface area contributed by atoms with Crippen LogP contribution in [-0.4, -0.2) is 36.6 Å². The van der Waals surface area contributed by atoms with Crippen LogP contribution < -0.4 is 5.32 Å². The summed E-state index contributed by atoms with van der Waals surface area (Å²) < 4.78 is 0. The third kappa shape index (κ3) is 2.66. The van der Waals surface area contributed by atoms with E-state index in [9.17, 15) is 0 Å². The first kappa shape index (κ1) is 14.8. The van der Waals surface area contributed by atoms with Crippen molar-refractivity contribution in [1.82, 2.24) is 10.2 Å². The molecule has 2 nitrogen and oxygen atoms in total. The zero-order chi connectivity index (χ0) is 14.3. The van der Waals surface area contributed by atoms with Crippen LogP contribution in [0.15, 0.2) is 0 Å². The number of nitrogens with zero attached hydrogens (tertiary/aromatic N) is 1. The molecular weight excluding hydrogens is 244 g/mol. The van der Waals surface area contributed by atoms with Gasteiger partial charge in [0, 0.05) is 18.6 Å². The van der Waals surface area contributed by atoms with Gasteiger partial charge in [0.15, 0.2) is 0 Å². The van der Waals surface area contributed by atoms with Gasteiger partial charge in [0.05, 0.1) is 0 Å². The van der Waals surface area contributed by atoms with Crippen LogP contribution in [0.1, 0.15) is 59.8 Å². The molecule has 1 aliphatic carbocycles. The fraction of sp³-hybridized carbons (Fsp3) is 1.00. The molecule has 0 spiro atoms. The maximum absolute atomic E-state index is 3.61. The fourth-order valence-electron chi connectivity index (χ4n) is 5.29. The van der Waals surface area contributed by atoms with E-state index in [-0.39, 0.29) is 0 Å². The second kappa shape index (κ2) is 5.61. The summed E-state index contributed by atoms with van der Waals surface area (Å²) in [5.41, 5.74) is 0.514. The van der Waals surface area contributed by atoms with E-state index in [0.717, 1.165) is 29.8 Å². The third-order valence-electron chi connectivity index (χ3n) is 6.57. The van der Waals surface area contributed by atoms with Crippen LogP contribution in [0.25, 0.3) is 0 Å². The van der Waals surface area contributed by atoms with Gasteiger partial charge < -0.3 is 5.32 Å². The zero-order valence-electron chi connectivity index (χ0n) is 14.0. The molecule has 3 fully saturated rings. The number of hydrogen-bond acceptors (Lipinski definition) is 2. The van der Waals surface area contributed by atoms with Crippen molar-refractivity contribution >= 4 is 0 Å². The smallest absolute Gasteiger partial charge is 0.0140 e. The molecule has 0 bridgehead atoms. The van der Waals surface area contributed by atoms with E-state index in [1.807, 2.05) is 0 Å². The molecule has 2 heterocycles. The highest BCUT2D eigenvalue weighted by atomic mass is 15.2. The summed E-state index contributed by atoms with van der Waals surface area (Å²) in [4.78, 5) is 2.93. The summed E-state index contributed by atoms with van der Waals surface area (Å²) in [7, 11) is 0. The zero-order valence-corrected chi connectivity index (χ0v) is 14.0. The van der Waals surface area contributed by atoms with Crippen molar-refractivity contribution in [3.05, 3.63) is 0 Å². The summed E-state index contributed by atoms with van der Waals surface area (Å²) in [6.45, 7) is 13.6. The third-order valence-corrected chi connectivity index (χ3v) is 6.57. The lowest BCUT2D eigenvalue weighted by atomic mass is 9.71. The second-order valence-electron chi connectivity index (χ2n) is 8.63. The SMILES string of the molecule is CCC1C2CNCC2CN1C1CCC(C(C)(C)C)CC1. The molecule has 1 N–H and O–H groups in total. The lowest BCUT2D eigenvalue weighted by Crippen LogP contribution is -2.44. The predicted molar refractivity (Wildman–Crippen MR) is 85.8 cm³/mol. The van der Waals surface area contributed by atoms with Crippen molar-refractivity contribution in [2.24, 2.45) is 23.2 Å². The number of nitrogens with one attached hydrogen (secondary N) is 1. The molecule has 0 amide bonds. The van der Waals surface area contributed by atoms with Crippen molar-refractivity contribution in [2.75, 3.05) is 19.6 Å². The number of rotatable bonds is 2. The molecule has 2 heteroatoms. The molecule has 20 heavy (non-hydrogen) atoms. The van der Waals surface area contributed by atoms with E-state index in [1.165, 1.54) is 51.7 Å². The van der Waals surface area contributed by atoms with Gasteiger partial charge in [0.1, 0.15) is 0 Å². The van der Waals surface area contributed by atoms with Crippen molar-refractivity contribution in [3.8, 4) is 0 Å². The molecule has 3 aliphatic rings. The first-order valence-electron chi connectivity index (χ1n) is 8.97. The fourth-order valence-corrected chi connectivity index (χ4v) is 5.29. The van der Waals surface area contributed by atoms with Crippen LogP contribution in [0.2, 0.25) is 0 Å². The summed E-state index contributed by atoms with van der Waals surface area (Å²) in [6, 6.07) is 1.76. The molecule has 0 aromatic carbocycles. The Morgan fingerprint density at radius 3 is 2.35 bits per heavy atom. The molecule has 0 aromatic rings. The molecule has 3 unspecified atom stereocenters. The van der Waals surface area contributed by atoms with E-state index >= 15 is 0 Å². The monoisotopic (exact) mass is 278 g/mol. The normalized spacial score (nSPS) is 42.9. The Labute approximate surface area is 125 Å². The van der Waals surface area contributed by atoms with Gasteiger partial charge >= 0.3 is 0 Å². The summed E-state index contributed by atoms with van der Waals surface area (Å²) >= 11 is 0. The number of likely N-dealkylation sites (tertiary alicyclic amines) is 1. The number of fused-ring (bicyclic) bond motifs is 1. The van der Waals surface area contributed by atoms with Gasteiger partial charge in [-0.25, -0.2) is 0 Å². The lowest BCUT2D eigenvalue weighted by Gasteiger charge is -2.42. The topological polar surface area (TPSA) is 15.3 Å². The molecular formula is C18H34N2. The lowest BCUT2D eigenvalue weighted by molar-refractivity contribution is 0.0782. The van der Waals surface area contributed by atoms with Crippen LogP contribution in [-0.2, 0) is 0 Å². The molecule has 1 saturated carbocycles. The summed E-state index contributed by atoms with van der Waals surface area (Å²) in [6.07, 6.45) is 7.15. The largest absolute Gasteiger partial charge is 0.316 e. The van der Waals surface area contributed by atoms with Gasteiger partial charge in [-0.1, -0.05) is 27.7 Å². The van der Waals surface area contributed by atoms with E-state index < -0.39 is 0 Å². The average Bonchev–Trinajstić information content (AvgIpc) is 2.97. The van der Waals surface area contributed by atoms with Gasteiger partial charge in [-0.3, -0.25) is 4.90 Å². The van der Waals surface area contributed by atoms with Crippen LogP contribution in [0, 0.1) is 23.2 Å². The van der Waals surface area contributed by atoms with Crippen LogP contribution in [0.3, 0.4) is 0 Å². The van der Waals surface area contributed by atoms with Crippen LogP contribution in [0.4, 0.5) is 0 Å². The van der Waals surface area contributed by atoms with E-state index in [2.05, 4.69) is 37.9 Å². The second-order valence-corrected chi connectivity index (χ2v) is 8.63. The number of hydrogen-bond donors (Lipinski definition) is 1. The first-order valence-corrected chi connectivity index (χ1v) is 8.97. The minimum Gasteiger partial charge on any atom is -0.316 e. The van der Waals surface area contributed by atoms with Crippen molar-refractivity contribution < 1.29 is 0 Å². The first-order chi connectivity index (χ1) is 9.50. The summed E-state index contributed by atoms with van der Waals surface area (Å²) in [5, 5.41) is 3.61. The van der Waals surface area contributed by atoms with Crippen molar-refractivity contribution in [3.63, 3.8) is 0 Å². The Morgan fingerprint density at radius 1 is 1.05 bits per heavy atom. The molecule has 3 atom stereocenters. The molecule has 116 valence electrons. The molecule has 3 rings (SSSR count). The van der Waals surface area contributed by atoms with E-state index in [1.54, 1.807) is 0 Å². The van der Waals surface area contributed by atoms with Gasteiger partial charge in [0.25, 0.3) is 0 Å². The predicted octanol–water partition coefficient (Wildman–Crippen LogP) is 3.52. The average molecular weight is 278 g/mol. The van der Waals surface area contributed by atoms with Crippen molar-refractivity contribution in [2.45, 2.75) is 71.9 Å². The molecule has 0 aromatic heterocycles.